The fourth-order valence-electron chi connectivity index (χ4n) is 2.67. The maximum atomic E-state index is 2.27. The SMILES string of the molecule is C[n+]1ccccc1CCP(c1ccccc1)c1ccccc1.[B].[I-]. The van der Waals surface area contributed by atoms with Crippen molar-refractivity contribution in [3.05, 3.63) is 90.8 Å². The monoisotopic (exact) mass is 444 g/mol. The van der Waals surface area contributed by atoms with Gasteiger partial charge in [-0.05, 0) is 24.7 Å². The molecule has 121 valence electrons. The van der Waals surface area contributed by atoms with Gasteiger partial charge in [0.2, 0.25) is 0 Å². The molecule has 0 aliphatic heterocycles. The van der Waals surface area contributed by atoms with Crippen LogP contribution in [-0.2, 0) is 13.5 Å². The average molecular weight is 444 g/mol. The third-order valence-electron chi connectivity index (χ3n) is 3.89. The van der Waals surface area contributed by atoms with Crippen molar-refractivity contribution in [2.45, 2.75) is 6.42 Å². The van der Waals surface area contributed by atoms with Gasteiger partial charge in [-0.15, -0.1) is 0 Å². The van der Waals surface area contributed by atoms with Gasteiger partial charge in [-0.2, -0.15) is 0 Å². The minimum absolute atomic E-state index is 0. The van der Waals surface area contributed by atoms with Crippen LogP contribution in [0, 0.1) is 0 Å². The number of aromatic nitrogens is 1. The van der Waals surface area contributed by atoms with E-state index in [2.05, 4.69) is 96.7 Å². The molecule has 0 N–H and O–H groups in total. The number of nitrogens with zero attached hydrogens (tertiary/aromatic N) is 1. The number of aryl methyl sites for hydroxylation is 2. The van der Waals surface area contributed by atoms with Gasteiger partial charge in [0.1, 0.15) is 7.05 Å². The summed E-state index contributed by atoms with van der Waals surface area (Å²) in [6.45, 7) is 0. The zero-order valence-electron chi connectivity index (χ0n) is 13.8. The first-order chi connectivity index (χ1) is 10.8. The fourth-order valence-corrected chi connectivity index (χ4v) is 5.00. The Balaban J connectivity index is 0.00000144. The van der Waals surface area contributed by atoms with Gasteiger partial charge >= 0.3 is 0 Å². The van der Waals surface area contributed by atoms with Crippen LogP contribution in [0.15, 0.2) is 85.1 Å². The van der Waals surface area contributed by atoms with Crippen LogP contribution in [0.3, 0.4) is 0 Å². The van der Waals surface area contributed by atoms with Crippen LogP contribution in [-0.4, -0.2) is 14.6 Å². The molecule has 3 aromatic rings. The number of halogens is 1. The predicted molar refractivity (Wildman–Crippen MR) is 101 cm³/mol. The molecule has 0 spiro atoms. The highest BCUT2D eigenvalue weighted by Gasteiger charge is 2.15. The Bertz CT molecular complexity index is 682. The van der Waals surface area contributed by atoms with Crippen molar-refractivity contribution in [2.75, 3.05) is 6.16 Å². The molecule has 0 atom stereocenters. The Hall–Kier alpha value is -1.19. The number of rotatable bonds is 5. The summed E-state index contributed by atoms with van der Waals surface area (Å²) in [5.74, 6) is 0. The molecule has 3 rings (SSSR count). The molecule has 0 saturated carbocycles. The van der Waals surface area contributed by atoms with Crippen molar-refractivity contribution in [2.24, 2.45) is 7.05 Å². The third kappa shape index (κ3) is 5.42. The summed E-state index contributed by atoms with van der Waals surface area (Å²) in [6, 6.07) is 28.3. The van der Waals surface area contributed by atoms with E-state index in [0.717, 1.165) is 6.42 Å². The molecule has 0 aliphatic rings. The van der Waals surface area contributed by atoms with E-state index < -0.39 is 0 Å². The van der Waals surface area contributed by atoms with Gasteiger partial charge in [0.25, 0.3) is 0 Å². The first kappa shape index (κ1) is 20.9. The van der Waals surface area contributed by atoms with Crippen LogP contribution in [0.25, 0.3) is 0 Å². The van der Waals surface area contributed by atoms with Crippen LogP contribution in [0.5, 0.6) is 0 Å². The van der Waals surface area contributed by atoms with Gasteiger partial charge < -0.3 is 24.0 Å². The molecule has 24 heavy (non-hydrogen) atoms. The molecule has 4 heteroatoms. The summed E-state index contributed by atoms with van der Waals surface area (Å²) < 4.78 is 2.23. The van der Waals surface area contributed by atoms with Crippen LogP contribution in [0.2, 0.25) is 0 Å². The molecule has 0 bridgehead atoms. The molecule has 0 fully saturated rings. The van der Waals surface area contributed by atoms with Crippen LogP contribution in [0.4, 0.5) is 0 Å². The summed E-state index contributed by atoms with van der Waals surface area (Å²) >= 11 is 0. The third-order valence-corrected chi connectivity index (χ3v) is 6.40. The molecule has 2 aromatic carbocycles. The lowest BCUT2D eigenvalue weighted by molar-refractivity contribution is -0.679. The van der Waals surface area contributed by atoms with E-state index in [1.165, 1.54) is 22.5 Å². The van der Waals surface area contributed by atoms with Crippen LogP contribution < -0.4 is 39.2 Å². The highest BCUT2D eigenvalue weighted by atomic mass is 127. The van der Waals surface area contributed by atoms with Gasteiger partial charge in [0.15, 0.2) is 11.9 Å². The molecule has 0 saturated heterocycles. The summed E-state index contributed by atoms with van der Waals surface area (Å²) in [7, 11) is 1.83. The van der Waals surface area contributed by atoms with E-state index in [1.54, 1.807) is 0 Å². The zero-order valence-corrected chi connectivity index (χ0v) is 16.9. The Morgan fingerprint density at radius 1 is 0.750 bits per heavy atom. The topological polar surface area (TPSA) is 3.88 Å². The number of hydrogen-bond donors (Lipinski definition) is 0. The Morgan fingerprint density at radius 3 is 1.75 bits per heavy atom. The van der Waals surface area contributed by atoms with E-state index in [-0.39, 0.29) is 40.3 Å². The lowest BCUT2D eigenvalue weighted by Crippen LogP contribution is -3.00. The van der Waals surface area contributed by atoms with Gasteiger partial charge in [-0.25, -0.2) is 4.57 Å². The van der Waals surface area contributed by atoms with Crippen molar-refractivity contribution in [3.63, 3.8) is 0 Å². The Morgan fingerprint density at radius 2 is 1.25 bits per heavy atom. The largest absolute Gasteiger partial charge is 1.00 e. The summed E-state index contributed by atoms with van der Waals surface area (Å²) in [4.78, 5) is 0. The number of pyridine rings is 1. The molecular formula is C20H21BINP. The van der Waals surface area contributed by atoms with E-state index in [0.29, 0.717) is 0 Å². The highest BCUT2D eigenvalue weighted by molar-refractivity contribution is 7.73. The van der Waals surface area contributed by atoms with Gasteiger partial charge in [0, 0.05) is 27.0 Å². The minimum Gasteiger partial charge on any atom is -1.00 e. The lowest BCUT2D eigenvalue weighted by atomic mass is 10.3. The number of hydrogen-bond acceptors (Lipinski definition) is 0. The smallest absolute Gasteiger partial charge is 0.181 e. The van der Waals surface area contributed by atoms with Gasteiger partial charge in [-0.3, -0.25) is 0 Å². The van der Waals surface area contributed by atoms with Crippen LogP contribution >= 0.6 is 7.92 Å². The molecular weight excluding hydrogens is 423 g/mol. The number of benzene rings is 2. The minimum atomic E-state index is -0.300. The van der Waals surface area contributed by atoms with E-state index in [4.69, 9.17) is 0 Å². The van der Waals surface area contributed by atoms with E-state index >= 15 is 0 Å². The predicted octanol–water partition coefficient (Wildman–Crippen LogP) is -0.190. The Labute approximate surface area is 165 Å². The standard InChI is InChI=1S/C20H21NP.B.HI/c1-21-16-9-8-10-18(21)15-17-22(19-11-4-2-5-12-19)20-13-6-3-7-14-20;;/h2-14,16H,15,17H2,1H3;;1H/q+1;;/p-1. The maximum absolute atomic E-state index is 2.27. The molecule has 0 unspecified atom stereocenters. The van der Waals surface area contributed by atoms with E-state index in [9.17, 15) is 0 Å². The first-order valence-electron chi connectivity index (χ1n) is 7.66. The molecule has 1 aromatic heterocycles. The maximum Gasteiger partial charge on any atom is 0.181 e. The van der Waals surface area contributed by atoms with Crippen LogP contribution in [0.1, 0.15) is 5.69 Å². The summed E-state index contributed by atoms with van der Waals surface area (Å²) in [5.41, 5.74) is 1.39. The van der Waals surface area contributed by atoms with Crippen molar-refractivity contribution >= 4 is 26.9 Å². The van der Waals surface area contributed by atoms with Crippen molar-refractivity contribution in [1.82, 2.24) is 0 Å². The molecule has 3 radical (unpaired) electrons. The summed E-state index contributed by atoms with van der Waals surface area (Å²) in [6.07, 6.45) is 4.41. The lowest BCUT2D eigenvalue weighted by Gasteiger charge is -2.18. The van der Waals surface area contributed by atoms with Crippen molar-refractivity contribution in [3.8, 4) is 0 Å². The second-order valence-corrected chi connectivity index (χ2v) is 7.71. The fraction of sp³-hybridized carbons (Fsp3) is 0.150. The normalized spacial score (nSPS) is 9.92. The van der Waals surface area contributed by atoms with E-state index in [1.807, 2.05) is 0 Å². The second-order valence-electron chi connectivity index (χ2n) is 5.38. The first-order valence-corrected chi connectivity index (χ1v) is 9.18. The molecule has 1 nitrogen and oxygen atoms in total. The highest BCUT2D eigenvalue weighted by Crippen LogP contribution is 2.33. The van der Waals surface area contributed by atoms with Crippen molar-refractivity contribution < 1.29 is 28.5 Å². The average Bonchev–Trinajstić information content (AvgIpc) is 2.59. The van der Waals surface area contributed by atoms with Gasteiger partial charge in [-0.1, -0.05) is 66.7 Å². The molecule has 0 aliphatic carbocycles. The zero-order chi connectivity index (χ0) is 15.2. The molecule has 1 heterocycles. The van der Waals surface area contributed by atoms with Gasteiger partial charge in [0.05, 0.1) is 0 Å². The summed E-state index contributed by atoms with van der Waals surface area (Å²) in [5, 5.41) is 2.92. The second kappa shape index (κ2) is 10.6. The molecule has 0 amide bonds. The Kier molecular flexibility index (Phi) is 9.24. The van der Waals surface area contributed by atoms with Crippen molar-refractivity contribution in [1.29, 1.82) is 0 Å². The quantitative estimate of drug-likeness (QED) is 0.223.